The smallest absolute Gasteiger partial charge is 0.0259 e. The largest absolute Gasteiger partial charge is 0.0856 e. The number of hydrogen-bond acceptors (Lipinski definition) is 0. The van der Waals surface area contributed by atoms with E-state index in [-0.39, 0.29) is 0 Å². The van der Waals surface area contributed by atoms with Gasteiger partial charge < -0.3 is 0 Å². The van der Waals surface area contributed by atoms with E-state index < -0.39 is 0 Å². The summed E-state index contributed by atoms with van der Waals surface area (Å²) in [5, 5.41) is 0. The lowest BCUT2D eigenvalue weighted by Crippen LogP contribution is -1.86. The third kappa shape index (κ3) is 9.76. The molecule has 0 N–H and O–H groups in total. The van der Waals surface area contributed by atoms with E-state index >= 15 is 0 Å². The normalized spacial score (nSPS) is 14.2. The van der Waals surface area contributed by atoms with E-state index in [0.29, 0.717) is 5.92 Å². The van der Waals surface area contributed by atoms with Crippen LogP contribution in [-0.4, -0.2) is 0 Å². The molecule has 0 aliphatic rings. The Morgan fingerprint density at radius 2 is 1.88 bits per heavy atom. The Morgan fingerprint density at radius 3 is 2.44 bits per heavy atom. The fraction of sp³-hybridized carbons (Fsp3) is 0.625. The molecule has 0 saturated carbocycles. The Kier molecular flexibility index (Phi) is 8.99. The van der Waals surface area contributed by atoms with Gasteiger partial charge in [0.2, 0.25) is 0 Å². The molecule has 92 valence electrons. The Labute approximate surface area is 102 Å². The average Bonchev–Trinajstić information content (AvgIpc) is 2.17. The van der Waals surface area contributed by atoms with Crippen molar-refractivity contribution in [2.24, 2.45) is 5.92 Å². The fourth-order valence-corrected chi connectivity index (χ4v) is 1.63. The highest BCUT2D eigenvalue weighted by molar-refractivity contribution is 5.12. The summed E-state index contributed by atoms with van der Waals surface area (Å²) < 4.78 is 0. The average molecular weight is 220 g/mol. The molecule has 0 aromatic heterocycles. The van der Waals surface area contributed by atoms with E-state index in [1.807, 2.05) is 0 Å². The van der Waals surface area contributed by atoms with Gasteiger partial charge in [-0.05, 0) is 46.0 Å². The summed E-state index contributed by atoms with van der Waals surface area (Å²) in [4.78, 5) is 0. The van der Waals surface area contributed by atoms with Crippen LogP contribution in [0.5, 0.6) is 0 Å². The van der Waals surface area contributed by atoms with Crippen LogP contribution < -0.4 is 0 Å². The lowest BCUT2D eigenvalue weighted by atomic mass is 10.0. The van der Waals surface area contributed by atoms with Crippen molar-refractivity contribution in [1.29, 1.82) is 0 Å². The molecular weight excluding hydrogens is 192 g/mol. The van der Waals surface area contributed by atoms with Crippen molar-refractivity contribution >= 4 is 0 Å². The maximum atomic E-state index is 2.31. The Bertz CT molecular complexity index is 249. The van der Waals surface area contributed by atoms with E-state index in [1.165, 1.54) is 36.8 Å². The zero-order valence-corrected chi connectivity index (χ0v) is 11.7. The zero-order chi connectivity index (χ0) is 12.4. The lowest BCUT2D eigenvalue weighted by molar-refractivity contribution is 0.634. The summed E-state index contributed by atoms with van der Waals surface area (Å²) in [5.74, 6) is 0.715. The minimum atomic E-state index is 0.715. The molecule has 0 aromatic rings. The first-order valence-corrected chi connectivity index (χ1v) is 6.53. The highest BCUT2D eigenvalue weighted by atomic mass is 14.0. The predicted molar refractivity (Wildman–Crippen MR) is 75.6 cm³/mol. The molecule has 0 aliphatic carbocycles. The zero-order valence-electron chi connectivity index (χ0n) is 11.7. The Morgan fingerprint density at radius 1 is 1.19 bits per heavy atom. The topological polar surface area (TPSA) is 0 Å². The van der Waals surface area contributed by atoms with Gasteiger partial charge in [-0.2, -0.15) is 0 Å². The molecule has 0 heterocycles. The molecule has 1 unspecified atom stereocenters. The number of hydrogen-bond donors (Lipinski definition) is 0. The molecule has 0 nitrogen and oxygen atoms in total. The van der Waals surface area contributed by atoms with Crippen molar-refractivity contribution in [1.82, 2.24) is 0 Å². The third-order valence-corrected chi connectivity index (χ3v) is 2.66. The maximum absolute atomic E-state index is 2.31. The molecule has 16 heavy (non-hydrogen) atoms. The molecule has 0 aromatic carbocycles. The van der Waals surface area contributed by atoms with Crippen LogP contribution in [0.2, 0.25) is 0 Å². The van der Waals surface area contributed by atoms with Gasteiger partial charge in [-0.1, -0.05) is 55.7 Å². The second-order valence-electron chi connectivity index (χ2n) is 4.98. The monoisotopic (exact) mass is 220 g/mol. The molecule has 0 bridgehead atoms. The van der Waals surface area contributed by atoms with Crippen molar-refractivity contribution < 1.29 is 0 Å². The van der Waals surface area contributed by atoms with E-state index in [9.17, 15) is 0 Å². The van der Waals surface area contributed by atoms with Crippen LogP contribution in [0.25, 0.3) is 0 Å². The van der Waals surface area contributed by atoms with E-state index in [2.05, 4.69) is 58.9 Å². The lowest BCUT2D eigenvalue weighted by Gasteiger charge is -2.01. The van der Waals surface area contributed by atoms with Gasteiger partial charge >= 0.3 is 0 Å². The minimum Gasteiger partial charge on any atom is -0.0856 e. The maximum Gasteiger partial charge on any atom is -0.0259 e. The molecule has 0 radical (unpaired) electrons. The standard InChI is InChI=1S/C16H28/c1-6-9-15(4)12-8-13-16(5)11-7-10-14(2)3/h8,10,12-13,15H,6-7,9,11H2,1-5H3. The molecular formula is C16H28. The van der Waals surface area contributed by atoms with Crippen molar-refractivity contribution in [3.8, 4) is 0 Å². The molecule has 0 fully saturated rings. The third-order valence-electron chi connectivity index (χ3n) is 2.66. The van der Waals surface area contributed by atoms with Crippen molar-refractivity contribution in [3.05, 3.63) is 35.5 Å². The number of rotatable bonds is 7. The fourth-order valence-electron chi connectivity index (χ4n) is 1.63. The molecule has 0 amide bonds. The van der Waals surface area contributed by atoms with Crippen LogP contribution in [0.3, 0.4) is 0 Å². The summed E-state index contributed by atoms with van der Waals surface area (Å²) >= 11 is 0. The predicted octanol–water partition coefficient (Wildman–Crippen LogP) is 5.67. The summed E-state index contributed by atoms with van der Waals surface area (Å²) in [7, 11) is 0. The first-order chi connectivity index (χ1) is 7.56. The molecule has 0 saturated heterocycles. The van der Waals surface area contributed by atoms with Crippen LogP contribution in [0, 0.1) is 5.92 Å². The van der Waals surface area contributed by atoms with Gasteiger partial charge in [0.25, 0.3) is 0 Å². The van der Waals surface area contributed by atoms with Crippen LogP contribution in [0.1, 0.15) is 60.3 Å². The molecule has 0 heteroatoms. The summed E-state index contributed by atoms with van der Waals surface area (Å²) in [5.41, 5.74) is 2.89. The summed E-state index contributed by atoms with van der Waals surface area (Å²) in [6.07, 6.45) is 14.0. The van der Waals surface area contributed by atoms with Crippen molar-refractivity contribution in [2.75, 3.05) is 0 Å². The molecule has 0 spiro atoms. The molecule has 0 rings (SSSR count). The van der Waals surface area contributed by atoms with Crippen molar-refractivity contribution in [2.45, 2.75) is 60.3 Å². The Hall–Kier alpha value is -0.780. The van der Waals surface area contributed by atoms with Crippen LogP contribution in [0.4, 0.5) is 0 Å². The van der Waals surface area contributed by atoms with Gasteiger partial charge in [-0.25, -0.2) is 0 Å². The van der Waals surface area contributed by atoms with E-state index in [1.54, 1.807) is 0 Å². The van der Waals surface area contributed by atoms with Gasteiger partial charge in [-0.3, -0.25) is 0 Å². The van der Waals surface area contributed by atoms with Crippen LogP contribution in [-0.2, 0) is 0 Å². The van der Waals surface area contributed by atoms with Gasteiger partial charge in [0.05, 0.1) is 0 Å². The second kappa shape index (κ2) is 9.45. The van der Waals surface area contributed by atoms with Gasteiger partial charge in [0.1, 0.15) is 0 Å². The number of allylic oxidation sites excluding steroid dienone is 6. The SMILES string of the molecule is CCCC(C)C=CC=C(C)CCC=C(C)C. The van der Waals surface area contributed by atoms with Gasteiger partial charge in [-0.15, -0.1) is 0 Å². The first kappa shape index (κ1) is 15.2. The Balaban J connectivity index is 3.90. The quantitative estimate of drug-likeness (QED) is 0.383. The van der Waals surface area contributed by atoms with Crippen LogP contribution >= 0.6 is 0 Å². The summed E-state index contributed by atoms with van der Waals surface area (Å²) in [6.45, 7) is 11.1. The summed E-state index contributed by atoms with van der Waals surface area (Å²) in [6, 6.07) is 0. The van der Waals surface area contributed by atoms with Gasteiger partial charge in [0.15, 0.2) is 0 Å². The molecule has 1 atom stereocenters. The highest BCUT2D eigenvalue weighted by Gasteiger charge is 1.92. The molecule has 0 aliphatic heterocycles. The van der Waals surface area contributed by atoms with E-state index in [0.717, 1.165) is 0 Å². The highest BCUT2D eigenvalue weighted by Crippen LogP contribution is 2.09. The minimum absolute atomic E-state index is 0.715. The van der Waals surface area contributed by atoms with E-state index in [4.69, 9.17) is 0 Å². The van der Waals surface area contributed by atoms with Gasteiger partial charge in [0, 0.05) is 0 Å². The second-order valence-corrected chi connectivity index (χ2v) is 4.98. The van der Waals surface area contributed by atoms with Crippen molar-refractivity contribution in [3.63, 3.8) is 0 Å². The van der Waals surface area contributed by atoms with Crippen LogP contribution in [0.15, 0.2) is 35.5 Å². The first-order valence-electron chi connectivity index (χ1n) is 6.53.